The normalized spacial score (nSPS) is 16.5. The monoisotopic (exact) mass is 396 g/mol. The summed E-state index contributed by atoms with van der Waals surface area (Å²) in [6, 6.07) is 11.5. The molecule has 0 saturated carbocycles. The van der Waals surface area contributed by atoms with E-state index in [1.165, 1.54) is 33.5 Å². The van der Waals surface area contributed by atoms with E-state index in [0.717, 1.165) is 29.8 Å². The predicted octanol–water partition coefficient (Wildman–Crippen LogP) is 3.94. The molecule has 5 nitrogen and oxygen atoms in total. The second-order valence-corrected chi connectivity index (χ2v) is 8.50. The number of anilines is 1. The van der Waals surface area contributed by atoms with Crippen LogP contribution in [0.15, 0.2) is 45.8 Å². The number of thioether (sulfide) groups is 1. The molecule has 1 aromatic heterocycles. The number of nitrogens with zero attached hydrogens (tertiary/aromatic N) is 2. The SMILES string of the molecule is CN1C(=C(C#N)C(=O)COC(=O)c2cc3c(s2)CCC3)Sc2ccccc21. The molecule has 2 aromatic rings. The summed E-state index contributed by atoms with van der Waals surface area (Å²) < 4.78 is 5.19. The first-order valence-corrected chi connectivity index (χ1v) is 10.2. The van der Waals surface area contributed by atoms with Gasteiger partial charge in [0.25, 0.3) is 0 Å². The zero-order chi connectivity index (χ0) is 19.0. The maximum atomic E-state index is 12.5. The Balaban J connectivity index is 1.47. The molecule has 0 fully saturated rings. The third-order valence-corrected chi connectivity index (χ3v) is 7.08. The molecule has 0 N–H and O–H groups in total. The first-order valence-electron chi connectivity index (χ1n) is 8.55. The van der Waals surface area contributed by atoms with Crippen molar-refractivity contribution in [1.82, 2.24) is 0 Å². The molecular formula is C20H16N2O3S2. The molecule has 1 aliphatic heterocycles. The molecule has 1 aliphatic carbocycles. The molecule has 0 amide bonds. The Labute approximate surface area is 165 Å². The summed E-state index contributed by atoms with van der Waals surface area (Å²) in [5.74, 6) is -0.988. The number of rotatable bonds is 4. The molecule has 7 heteroatoms. The Morgan fingerprint density at radius 3 is 2.85 bits per heavy atom. The van der Waals surface area contributed by atoms with E-state index in [9.17, 15) is 14.9 Å². The van der Waals surface area contributed by atoms with Crippen molar-refractivity contribution in [3.05, 3.63) is 56.3 Å². The van der Waals surface area contributed by atoms with Gasteiger partial charge in [0.1, 0.15) is 21.5 Å². The van der Waals surface area contributed by atoms with E-state index in [0.29, 0.717) is 9.91 Å². The molecule has 4 rings (SSSR count). The molecule has 0 spiro atoms. The van der Waals surface area contributed by atoms with Crippen LogP contribution in [-0.4, -0.2) is 25.4 Å². The van der Waals surface area contributed by atoms with Gasteiger partial charge in [-0.2, -0.15) is 5.26 Å². The number of ether oxygens (including phenoxy) is 1. The highest BCUT2D eigenvalue weighted by Crippen LogP contribution is 2.46. The third kappa shape index (κ3) is 3.27. The van der Waals surface area contributed by atoms with Gasteiger partial charge in [-0.05, 0) is 43.0 Å². The summed E-state index contributed by atoms with van der Waals surface area (Å²) in [5.41, 5.74) is 2.17. The zero-order valence-electron chi connectivity index (χ0n) is 14.7. The molecule has 2 aliphatic rings. The Morgan fingerprint density at radius 1 is 1.30 bits per heavy atom. The number of aryl methyl sites for hydroxylation is 2. The minimum atomic E-state index is -0.499. The summed E-state index contributed by atoms with van der Waals surface area (Å²) in [4.78, 5) is 29.4. The van der Waals surface area contributed by atoms with Gasteiger partial charge in [-0.3, -0.25) is 4.79 Å². The van der Waals surface area contributed by atoms with Gasteiger partial charge in [-0.25, -0.2) is 4.79 Å². The first-order chi connectivity index (χ1) is 13.1. The number of thiophene rings is 1. The summed E-state index contributed by atoms with van der Waals surface area (Å²) in [7, 11) is 1.82. The van der Waals surface area contributed by atoms with E-state index in [2.05, 4.69) is 0 Å². The second-order valence-electron chi connectivity index (χ2n) is 6.33. The van der Waals surface area contributed by atoms with Gasteiger partial charge in [-0.1, -0.05) is 23.9 Å². The van der Waals surface area contributed by atoms with Crippen molar-refractivity contribution in [3.8, 4) is 6.07 Å². The van der Waals surface area contributed by atoms with Gasteiger partial charge in [0.2, 0.25) is 5.78 Å². The predicted molar refractivity (Wildman–Crippen MR) is 105 cm³/mol. The average Bonchev–Trinajstić information content (AvgIpc) is 3.35. The number of carbonyl (C=O) groups excluding carboxylic acids is 2. The number of nitriles is 1. The molecule has 136 valence electrons. The highest BCUT2D eigenvalue weighted by molar-refractivity contribution is 8.03. The molecule has 0 unspecified atom stereocenters. The molecule has 2 heterocycles. The fourth-order valence-corrected chi connectivity index (χ4v) is 5.56. The van der Waals surface area contributed by atoms with Gasteiger partial charge in [0.05, 0.1) is 5.69 Å². The number of hydrogen-bond acceptors (Lipinski definition) is 7. The van der Waals surface area contributed by atoms with E-state index < -0.39 is 18.4 Å². The van der Waals surface area contributed by atoms with Crippen molar-refractivity contribution in [2.24, 2.45) is 0 Å². The smallest absolute Gasteiger partial charge is 0.348 e. The summed E-state index contributed by atoms with van der Waals surface area (Å²) in [6.07, 6.45) is 3.12. The van der Waals surface area contributed by atoms with Crippen molar-refractivity contribution in [1.29, 1.82) is 5.26 Å². The topological polar surface area (TPSA) is 70.4 Å². The maximum absolute atomic E-state index is 12.5. The van der Waals surface area contributed by atoms with Crippen LogP contribution in [0, 0.1) is 11.3 Å². The number of esters is 1. The van der Waals surface area contributed by atoms with E-state index in [1.807, 2.05) is 48.3 Å². The van der Waals surface area contributed by atoms with E-state index in [-0.39, 0.29) is 5.57 Å². The van der Waals surface area contributed by atoms with E-state index >= 15 is 0 Å². The van der Waals surface area contributed by atoms with Crippen LogP contribution in [0.4, 0.5) is 5.69 Å². The van der Waals surface area contributed by atoms with E-state index in [1.54, 1.807) is 0 Å². The van der Waals surface area contributed by atoms with Crippen molar-refractivity contribution in [2.75, 3.05) is 18.6 Å². The summed E-state index contributed by atoms with van der Waals surface area (Å²) in [5, 5.41) is 10.1. The molecule has 27 heavy (non-hydrogen) atoms. The Bertz CT molecular complexity index is 995. The second kappa shape index (κ2) is 7.22. The number of benzene rings is 1. The van der Waals surface area contributed by atoms with Crippen molar-refractivity contribution >= 4 is 40.5 Å². The Kier molecular flexibility index (Phi) is 4.77. The highest BCUT2D eigenvalue weighted by atomic mass is 32.2. The zero-order valence-corrected chi connectivity index (χ0v) is 16.3. The molecular weight excluding hydrogens is 380 g/mol. The largest absolute Gasteiger partial charge is 0.453 e. The van der Waals surface area contributed by atoms with Gasteiger partial charge in [0.15, 0.2) is 6.61 Å². The lowest BCUT2D eigenvalue weighted by atomic mass is 10.2. The summed E-state index contributed by atoms with van der Waals surface area (Å²) in [6.45, 7) is -0.432. The van der Waals surface area contributed by atoms with Crippen LogP contribution in [0.3, 0.4) is 0 Å². The van der Waals surface area contributed by atoms with Crippen LogP contribution in [0.1, 0.15) is 26.5 Å². The van der Waals surface area contributed by atoms with Crippen molar-refractivity contribution in [2.45, 2.75) is 24.2 Å². The van der Waals surface area contributed by atoms with Crippen LogP contribution in [0.2, 0.25) is 0 Å². The lowest BCUT2D eigenvalue weighted by Gasteiger charge is -2.14. The lowest BCUT2D eigenvalue weighted by molar-refractivity contribution is -0.118. The first kappa shape index (κ1) is 17.8. The Hall–Kier alpha value is -2.56. The van der Waals surface area contributed by atoms with E-state index in [4.69, 9.17) is 4.74 Å². The number of fused-ring (bicyclic) bond motifs is 2. The average molecular weight is 396 g/mol. The summed E-state index contributed by atoms with van der Waals surface area (Å²) >= 11 is 2.81. The number of ketones is 1. The van der Waals surface area contributed by atoms with Gasteiger partial charge in [-0.15, -0.1) is 11.3 Å². The van der Waals surface area contributed by atoms with Crippen LogP contribution >= 0.6 is 23.1 Å². The van der Waals surface area contributed by atoms with Crippen LogP contribution in [-0.2, 0) is 22.4 Å². The van der Waals surface area contributed by atoms with Crippen LogP contribution in [0.25, 0.3) is 0 Å². The standard InChI is InChI=1S/C20H16N2O3S2/c1-22-14-6-2-3-7-17(14)27-19(22)13(10-21)15(23)11-25-20(24)18-9-12-5-4-8-16(12)26-18/h2-3,6-7,9H,4-5,8,11H2,1H3. The number of carbonyl (C=O) groups is 2. The molecule has 0 saturated heterocycles. The van der Waals surface area contributed by atoms with Crippen molar-refractivity contribution < 1.29 is 14.3 Å². The number of para-hydroxylation sites is 1. The highest BCUT2D eigenvalue weighted by Gasteiger charge is 2.28. The van der Waals surface area contributed by atoms with Crippen LogP contribution in [0.5, 0.6) is 0 Å². The van der Waals surface area contributed by atoms with Gasteiger partial charge >= 0.3 is 5.97 Å². The molecule has 0 bridgehead atoms. The number of hydrogen-bond donors (Lipinski definition) is 0. The fourth-order valence-electron chi connectivity index (χ4n) is 3.25. The quantitative estimate of drug-likeness (QED) is 0.443. The maximum Gasteiger partial charge on any atom is 0.348 e. The van der Waals surface area contributed by atoms with Crippen LogP contribution < -0.4 is 4.90 Å². The van der Waals surface area contributed by atoms with Gasteiger partial charge < -0.3 is 9.64 Å². The number of Topliss-reactive ketones (excluding diaryl/α,β-unsaturated/α-hetero) is 1. The minimum Gasteiger partial charge on any atom is -0.453 e. The molecule has 0 radical (unpaired) electrons. The molecule has 0 atom stereocenters. The van der Waals surface area contributed by atoms with Crippen molar-refractivity contribution in [3.63, 3.8) is 0 Å². The molecule has 1 aromatic carbocycles. The fraction of sp³-hybridized carbons (Fsp3) is 0.250. The van der Waals surface area contributed by atoms with Gasteiger partial charge in [0, 0.05) is 16.8 Å². The lowest BCUT2D eigenvalue weighted by Crippen LogP contribution is -2.19. The Morgan fingerprint density at radius 2 is 2.11 bits per heavy atom. The third-order valence-electron chi connectivity index (χ3n) is 4.62. The minimum absolute atomic E-state index is 0.0141.